The molecule has 0 aromatic heterocycles. The predicted molar refractivity (Wildman–Crippen MR) is 114 cm³/mol. The van der Waals surface area contributed by atoms with Gasteiger partial charge in [-0.15, -0.1) is 0 Å². The Morgan fingerprint density at radius 1 is 0.857 bits per heavy atom. The molecule has 4 nitrogen and oxygen atoms in total. The fraction of sp³-hybridized carbons (Fsp3) is 0.0909. The SMILES string of the molecule is Cc1cc(C(=O)c2ccccc2)ccc1OC(=O)COc1ccc(Br)cc1Br. The summed E-state index contributed by atoms with van der Waals surface area (Å²) in [5.41, 5.74) is 1.85. The van der Waals surface area contributed by atoms with Crippen LogP contribution in [-0.4, -0.2) is 18.4 Å². The molecular formula is C22H16Br2O4. The second-order valence-corrected chi connectivity index (χ2v) is 7.78. The summed E-state index contributed by atoms with van der Waals surface area (Å²) in [5.74, 6) is 0.332. The standard InChI is InChI=1S/C22H16Br2O4/c1-14-11-16(22(26)15-5-3-2-4-6-15)7-9-19(14)28-21(25)13-27-20-10-8-17(23)12-18(20)24/h2-12H,13H2,1H3. The van der Waals surface area contributed by atoms with E-state index in [0.29, 0.717) is 28.2 Å². The molecule has 0 atom stereocenters. The average Bonchev–Trinajstić information content (AvgIpc) is 2.69. The Balaban J connectivity index is 1.64. The van der Waals surface area contributed by atoms with Crippen molar-refractivity contribution in [3.05, 3.63) is 92.4 Å². The molecule has 0 saturated carbocycles. The van der Waals surface area contributed by atoms with Crippen molar-refractivity contribution in [2.24, 2.45) is 0 Å². The van der Waals surface area contributed by atoms with E-state index < -0.39 is 5.97 Å². The fourth-order valence-electron chi connectivity index (χ4n) is 2.54. The highest BCUT2D eigenvalue weighted by atomic mass is 79.9. The molecule has 0 amide bonds. The lowest BCUT2D eigenvalue weighted by Gasteiger charge is -2.11. The van der Waals surface area contributed by atoms with Crippen LogP contribution in [0.1, 0.15) is 21.5 Å². The zero-order valence-corrected chi connectivity index (χ0v) is 18.1. The van der Waals surface area contributed by atoms with Crippen LogP contribution in [0.5, 0.6) is 11.5 Å². The molecule has 28 heavy (non-hydrogen) atoms. The quantitative estimate of drug-likeness (QED) is 0.244. The molecule has 0 radical (unpaired) electrons. The largest absolute Gasteiger partial charge is 0.481 e. The van der Waals surface area contributed by atoms with Crippen molar-refractivity contribution in [2.45, 2.75) is 6.92 Å². The van der Waals surface area contributed by atoms with Gasteiger partial charge in [-0.2, -0.15) is 0 Å². The van der Waals surface area contributed by atoms with Crippen LogP contribution in [0, 0.1) is 6.92 Å². The van der Waals surface area contributed by atoms with Crippen molar-refractivity contribution in [2.75, 3.05) is 6.61 Å². The minimum absolute atomic E-state index is 0.0787. The molecule has 0 heterocycles. The van der Waals surface area contributed by atoms with Crippen LogP contribution in [0.15, 0.2) is 75.7 Å². The number of hydrogen-bond donors (Lipinski definition) is 0. The molecule has 0 unspecified atom stereocenters. The Kier molecular flexibility index (Phi) is 6.65. The van der Waals surface area contributed by atoms with Crippen LogP contribution in [0.4, 0.5) is 0 Å². The maximum Gasteiger partial charge on any atom is 0.349 e. The smallest absolute Gasteiger partial charge is 0.349 e. The van der Waals surface area contributed by atoms with Gasteiger partial charge in [0.05, 0.1) is 4.47 Å². The number of ether oxygens (including phenoxy) is 2. The molecule has 6 heteroatoms. The Labute approximate surface area is 179 Å². The first-order chi connectivity index (χ1) is 13.4. The molecule has 3 aromatic carbocycles. The van der Waals surface area contributed by atoms with Gasteiger partial charge in [-0.25, -0.2) is 4.79 Å². The van der Waals surface area contributed by atoms with Gasteiger partial charge in [0.2, 0.25) is 0 Å². The van der Waals surface area contributed by atoms with E-state index in [0.717, 1.165) is 8.95 Å². The van der Waals surface area contributed by atoms with E-state index in [1.54, 1.807) is 43.3 Å². The van der Waals surface area contributed by atoms with E-state index in [1.807, 2.05) is 30.3 Å². The highest BCUT2D eigenvalue weighted by molar-refractivity contribution is 9.11. The van der Waals surface area contributed by atoms with Crippen molar-refractivity contribution in [3.8, 4) is 11.5 Å². The third kappa shape index (κ3) is 5.09. The van der Waals surface area contributed by atoms with Crippen molar-refractivity contribution >= 4 is 43.6 Å². The Morgan fingerprint density at radius 3 is 2.25 bits per heavy atom. The molecule has 142 valence electrons. The van der Waals surface area contributed by atoms with Gasteiger partial charge >= 0.3 is 5.97 Å². The summed E-state index contributed by atoms with van der Waals surface area (Å²) in [4.78, 5) is 24.6. The molecule has 0 aliphatic carbocycles. The molecule has 0 fully saturated rings. The van der Waals surface area contributed by atoms with E-state index >= 15 is 0 Å². The normalized spacial score (nSPS) is 10.4. The van der Waals surface area contributed by atoms with Crippen molar-refractivity contribution in [1.29, 1.82) is 0 Å². The molecule has 0 bridgehead atoms. The van der Waals surface area contributed by atoms with Gasteiger partial charge in [-0.05, 0) is 64.8 Å². The van der Waals surface area contributed by atoms with Crippen molar-refractivity contribution in [3.63, 3.8) is 0 Å². The number of aryl methyl sites for hydroxylation is 1. The second-order valence-electron chi connectivity index (χ2n) is 6.01. The first-order valence-electron chi connectivity index (χ1n) is 8.43. The van der Waals surface area contributed by atoms with E-state index in [-0.39, 0.29) is 12.4 Å². The van der Waals surface area contributed by atoms with Gasteiger partial charge in [-0.1, -0.05) is 46.3 Å². The zero-order chi connectivity index (χ0) is 20.1. The number of carbonyl (C=O) groups excluding carboxylic acids is 2. The third-order valence-electron chi connectivity index (χ3n) is 3.94. The highest BCUT2D eigenvalue weighted by Gasteiger charge is 2.13. The van der Waals surface area contributed by atoms with Gasteiger partial charge in [0.15, 0.2) is 12.4 Å². The van der Waals surface area contributed by atoms with Crippen LogP contribution < -0.4 is 9.47 Å². The number of ketones is 1. The monoisotopic (exact) mass is 502 g/mol. The Morgan fingerprint density at radius 2 is 1.57 bits per heavy atom. The second kappa shape index (κ2) is 9.17. The van der Waals surface area contributed by atoms with E-state index in [2.05, 4.69) is 31.9 Å². The fourth-order valence-corrected chi connectivity index (χ4v) is 3.70. The summed E-state index contributed by atoms with van der Waals surface area (Å²) in [6.07, 6.45) is 0. The number of carbonyl (C=O) groups is 2. The number of rotatable bonds is 6. The van der Waals surface area contributed by atoms with Crippen molar-refractivity contribution < 1.29 is 19.1 Å². The van der Waals surface area contributed by atoms with E-state index in [1.165, 1.54) is 0 Å². The number of benzene rings is 3. The topological polar surface area (TPSA) is 52.6 Å². The molecule has 3 rings (SSSR count). The van der Waals surface area contributed by atoms with Gasteiger partial charge < -0.3 is 9.47 Å². The Hall–Kier alpha value is -2.44. The Bertz CT molecular complexity index is 1020. The zero-order valence-electron chi connectivity index (χ0n) is 14.9. The lowest BCUT2D eigenvalue weighted by Crippen LogP contribution is -2.18. The maximum atomic E-state index is 12.5. The molecule has 0 aliphatic heterocycles. The van der Waals surface area contributed by atoms with Gasteiger partial charge in [0.25, 0.3) is 0 Å². The minimum atomic E-state index is -0.528. The van der Waals surface area contributed by atoms with Crippen molar-refractivity contribution in [1.82, 2.24) is 0 Å². The van der Waals surface area contributed by atoms with E-state index in [4.69, 9.17) is 9.47 Å². The van der Waals surface area contributed by atoms with Crippen LogP contribution in [-0.2, 0) is 4.79 Å². The highest BCUT2D eigenvalue weighted by Crippen LogP contribution is 2.28. The van der Waals surface area contributed by atoms with Crippen LogP contribution in [0.3, 0.4) is 0 Å². The molecule has 0 aliphatic rings. The first kappa shape index (κ1) is 20.3. The van der Waals surface area contributed by atoms with Gasteiger partial charge in [0.1, 0.15) is 11.5 Å². The number of halogens is 2. The molecule has 0 saturated heterocycles. The molecular weight excluding hydrogens is 488 g/mol. The minimum Gasteiger partial charge on any atom is -0.481 e. The summed E-state index contributed by atoms with van der Waals surface area (Å²) in [7, 11) is 0. The number of esters is 1. The third-order valence-corrected chi connectivity index (χ3v) is 5.05. The van der Waals surface area contributed by atoms with Gasteiger partial charge in [-0.3, -0.25) is 4.79 Å². The average molecular weight is 504 g/mol. The summed E-state index contributed by atoms with van der Waals surface area (Å²) in [6, 6.07) is 19.4. The summed E-state index contributed by atoms with van der Waals surface area (Å²) >= 11 is 6.74. The maximum absolute atomic E-state index is 12.5. The predicted octanol–water partition coefficient (Wildman–Crippen LogP) is 5.74. The lowest BCUT2D eigenvalue weighted by molar-refractivity contribution is -0.136. The molecule has 0 spiro atoms. The van der Waals surface area contributed by atoms with Crippen LogP contribution in [0.2, 0.25) is 0 Å². The lowest BCUT2D eigenvalue weighted by atomic mass is 10.0. The van der Waals surface area contributed by atoms with E-state index in [9.17, 15) is 9.59 Å². The number of hydrogen-bond acceptors (Lipinski definition) is 4. The molecule has 0 N–H and O–H groups in total. The summed E-state index contributed by atoms with van der Waals surface area (Å²) < 4.78 is 12.5. The van der Waals surface area contributed by atoms with Crippen LogP contribution >= 0.6 is 31.9 Å². The molecule has 3 aromatic rings. The summed E-state index contributed by atoms with van der Waals surface area (Å²) in [6.45, 7) is 1.56. The van der Waals surface area contributed by atoms with Gasteiger partial charge in [0, 0.05) is 15.6 Å². The first-order valence-corrected chi connectivity index (χ1v) is 10.0. The summed E-state index contributed by atoms with van der Waals surface area (Å²) in [5, 5.41) is 0. The van der Waals surface area contributed by atoms with Crippen LogP contribution in [0.25, 0.3) is 0 Å².